The maximum absolute atomic E-state index is 11.7. The average Bonchev–Trinajstić information content (AvgIpc) is 3.42. The number of hydrogen-bond donors (Lipinski definition) is 2. The van der Waals surface area contributed by atoms with Crippen molar-refractivity contribution in [3.05, 3.63) is 53.6 Å². The number of aromatic nitrogens is 2. The molecule has 6 heteroatoms. The topological polar surface area (TPSA) is 82.2 Å². The molecule has 31 heavy (non-hydrogen) atoms. The van der Waals surface area contributed by atoms with Gasteiger partial charge in [0.25, 0.3) is 5.91 Å². The molecule has 1 aliphatic carbocycles. The number of nitrogens with zero attached hydrogens (tertiary/aromatic N) is 2. The van der Waals surface area contributed by atoms with E-state index in [1.165, 1.54) is 37.1 Å². The zero-order chi connectivity index (χ0) is 21.3. The monoisotopic (exact) mass is 422 g/mol. The summed E-state index contributed by atoms with van der Waals surface area (Å²) in [5.41, 5.74) is 8.70. The van der Waals surface area contributed by atoms with Gasteiger partial charge < -0.3 is 20.4 Å². The van der Waals surface area contributed by atoms with Crippen molar-refractivity contribution in [2.45, 2.75) is 81.4 Å². The number of carbonyl (C=O) groups excluding carboxylic acids is 1. The minimum atomic E-state index is -0.343. The van der Waals surface area contributed by atoms with E-state index < -0.39 is 0 Å². The minimum absolute atomic E-state index is 0.0473. The van der Waals surface area contributed by atoms with E-state index in [1.807, 2.05) is 18.3 Å². The molecule has 3 N–H and O–H groups in total. The number of ether oxygens (including phenoxy) is 1. The number of fused-ring (bicyclic) bond motifs is 1. The Kier molecular flexibility index (Phi) is 5.61. The smallest absolute Gasteiger partial charge is 0.265 e. The fourth-order valence-corrected chi connectivity index (χ4v) is 6.34. The van der Waals surface area contributed by atoms with Gasteiger partial charge in [0, 0.05) is 42.2 Å². The minimum Gasteiger partial charge on any atom is -0.375 e. The predicted octanol–water partition coefficient (Wildman–Crippen LogP) is 3.86. The Morgan fingerprint density at radius 1 is 1.19 bits per heavy atom. The molecule has 2 atom stereocenters. The van der Waals surface area contributed by atoms with Crippen LogP contribution >= 0.6 is 0 Å². The fraction of sp³-hybridized carbons (Fsp3) is 0.600. The molecule has 4 heterocycles. The summed E-state index contributed by atoms with van der Waals surface area (Å²) >= 11 is 0. The Morgan fingerprint density at radius 2 is 2.06 bits per heavy atom. The van der Waals surface area contributed by atoms with E-state index in [0.29, 0.717) is 5.69 Å². The number of rotatable bonds is 6. The summed E-state index contributed by atoms with van der Waals surface area (Å²) in [5, 5.41) is 3.81. The molecule has 1 saturated heterocycles. The number of carbonyl (C=O) groups is 1. The Bertz CT molecular complexity index is 919. The first-order chi connectivity index (χ1) is 15.1. The van der Waals surface area contributed by atoms with Crippen LogP contribution in [0.2, 0.25) is 0 Å². The van der Waals surface area contributed by atoms with Gasteiger partial charge in [-0.15, -0.1) is 0 Å². The van der Waals surface area contributed by atoms with Gasteiger partial charge in [-0.25, -0.2) is 0 Å². The zero-order valence-electron chi connectivity index (χ0n) is 18.3. The largest absolute Gasteiger partial charge is 0.375 e. The van der Waals surface area contributed by atoms with Crippen molar-refractivity contribution in [2.24, 2.45) is 5.73 Å². The van der Waals surface area contributed by atoms with Crippen molar-refractivity contribution in [3.63, 3.8) is 0 Å². The number of pyridine rings is 1. The van der Waals surface area contributed by atoms with Crippen molar-refractivity contribution < 1.29 is 9.53 Å². The summed E-state index contributed by atoms with van der Waals surface area (Å²) in [4.78, 5) is 16.6. The van der Waals surface area contributed by atoms with Gasteiger partial charge in [0.2, 0.25) is 0 Å². The van der Waals surface area contributed by atoms with Crippen LogP contribution in [0.1, 0.15) is 85.7 Å². The summed E-state index contributed by atoms with van der Waals surface area (Å²) in [6.45, 7) is 2.62. The predicted molar refractivity (Wildman–Crippen MR) is 120 cm³/mol. The van der Waals surface area contributed by atoms with E-state index in [0.717, 1.165) is 51.8 Å². The lowest BCUT2D eigenvalue weighted by atomic mass is 9.68. The first-order valence-electron chi connectivity index (χ1n) is 11.9. The molecular weight excluding hydrogens is 388 g/mol. The summed E-state index contributed by atoms with van der Waals surface area (Å²) in [7, 11) is 0. The molecular formula is C25H34N4O2. The summed E-state index contributed by atoms with van der Waals surface area (Å²) in [6.07, 6.45) is 12.1. The van der Waals surface area contributed by atoms with E-state index in [-0.39, 0.29) is 23.0 Å². The van der Waals surface area contributed by atoms with Crippen LogP contribution in [0.3, 0.4) is 0 Å². The molecule has 0 radical (unpaired) electrons. The third-order valence-corrected chi connectivity index (χ3v) is 7.87. The van der Waals surface area contributed by atoms with Crippen LogP contribution in [0.5, 0.6) is 0 Å². The Balaban J connectivity index is 1.33. The second-order valence-corrected chi connectivity index (χ2v) is 9.72. The number of nitrogens with one attached hydrogen (secondary N) is 1. The summed E-state index contributed by atoms with van der Waals surface area (Å²) < 4.78 is 8.47. The van der Waals surface area contributed by atoms with Crippen LogP contribution in [0.4, 0.5) is 0 Å². The molecule has 5 rings (SSSR count). The maximum Gasteiger partial charge on any atom is 0.265 e. The van der Waals surface area contributed by atoms with Gasteiger partial charge in [0.05, 0.1) is 5.60 Å². The van der Waals surface area contributed by atoms with Crippen LogP contribution in [0.15, 0.2) is 36.5 Å². The van der Waals surface area contributed by atoms with Gasteiger partial charge in [-0.1, -0.05) is 18.9 Å². The highest BCUT2D eigenvalue weighted by Gasteiger charge is 2.48. The first-order valence-corrected chi connectivity index (χ1v) is 11.9. The molecule has 1 amide bonds. The molecule has 1 spiro atoms. The SMILES string of the molecule is NC(=O)c1ccc2n1CCCC2NCC[C@@]1(c2ccccn2)CCOC2(CCCC2)C1. The van der Waals surface area contributed by atoms with Crippen molar-refractivity contribution in [1.82, 2.24) is 14.9 Å². The molecule has 166 valence electrons. The highest BCUT2D eigenvalue weighted by molar-refractivity contribution is 5.91. The third kappa shape index (κ3) is 3.92. The van der Waals surface area contributed by atoms with E-state index >= 15 is 0 Å². The molecule has 2 fully saturated rings. The fourth-order valence-electron chi connectivity index (χ4n) is 6.34. The number of primary amides is 1. The highest BCUT2D eigenvalue weighted by atomic mass is 16.5. The Labute approximate surface area is 184 Å². The van der Waals surface area contributed by atoms with Crippen molar-refractivity contribution in [2.75, 3.05) is 13.2 Å². The van der Waals surface area contributed by atoms with Crippen molar-refractivity contribution >= 4 is 5.91 Å². The molecule has 6 nitrogen and oxygen atoms in total. The maximum atomic E-state index is 11.7. The lowest BCUT2D eigenvalue weighted by Crippen LogP contribution is -2.47. The molecule has 3 aliphatic rings. The first kappa shape index (κ1) is 20.7. The second kappa shape index (κ2) is 8.40. The van der Waals surface area contributed by atoms with E-state index in [4.69, 9.17) is 15.5 Å². The number of nitrogens with two attached hydrogens (primary N) is 1. The van der Waals surface area contributed by atoms with E-state index in [2.05, 4.69) is 28.1 Å². The molecule has 1 saturated carbocycles. The molecule has 2 aromatic heterocycles. The van der Waals surface area contributed by atoms with Gasteiger partial charge in [-0.05, 0) is 75.8 Å². The van der Waals surface area contributed by atoms with Crippen molar-refractivity contribution in [3.8, 4) is 0 Å². The van der Waals surface area contributed by atoms with Crippen LogP contribution in [0.25, 0.3) is 0 Å². The van der Waals surface area contributed by atoms with E-state index in [1.54, 1.807) is 0 Å². The van der Waals surface area contributed by atoms with Gasteiger partial charge in [0.15, 0.2) is 0 Å². The van der Waals surface area contributed by atoms with E-state index in [9.17, 15) is 4.79 Å². The Hall–Kier alpha value is -2.18. The number of hydrogen-bond acceptors (Lipinski definition) is 4. The number of amides is 1. The van der Waals surface area contributed by atoms with Gasteiger partial charge in [0.1, 0.15) is 5.69 Å². The summed E-state index contributed by atoms with van der Waals surface area (Å²) in [5.74, 6) is -0.343. The highest BCUT2D eigenvalue weighted by Crippen LogP contribution is 2.49. The van der Waals surface area contributed by atoms with Gasteiger partial charge in [-0.3, -0.25) is 9.78 Å². The average molecular weight is 423 g/mol. The summed E-state index contributed by atoms with van der Waals surface area (Å²) in [6, 6.07) is 10.5. The third-order valence-electron chi connectivity index (χ3n) is 7.87. The quantitative estimate of drug-likeness (QED) is 0.741. The van der Waals surface area contributed by atoms with Crippen LogP contribution in [-0.4, -0.2) is 34.2 Å². The molecule has 1 unspecified atom stereocenters. The van der Waals surface area contributed by atoms with Crippen LogP contribution in [0, 0.1) is 0 Å². The van der Waals surface area contributed by atoms with Gasteiger partial charge in [-0.2, -0.15) is 0 Å². The van der Waals surface area contributed by atoms with Crippen LogP contribution in [-0.2, 0) is 16.7 Å². The zero-order valence-corrected chi connectivity index (χ0v) is 18.3. The normalized spacial score (nSPS) is 27.3. The molecule has 0 aromatic carbocycles. The van der Waals surface area contributed by atoms with Crippen molar-refractivity contribution in [1.29, 1.82) is 0 Å². The molecule has 2 aliphatic heterocycles. The second-order valence-electron chi connectivity index (χ2n) is 9.72. The van der Waals surface area contributed by atoms with Crippen LogP contribution < -0.4 is 11.1 Å². The molecule has 0 bridgehead atoms. The Morgan fingerprint density at radius 3 is 2.84 bits per heavy atom. The standard InChI is InChI=1S/C25H34N4O2/c26-23(30)21-9-8-20-19(6-5-16-29(20)21)27-15-12-24(22-7-1-4-14-28-22)13-17-31-25(18-24)10-2-3-11-25/h1,4,7-9,14,19,27H,2-3,5-6,10-13,15-18H2,(H2,26,30)/t19?,24-/m1/s1. The molecule has 2 aromatic rings. The van der Waals surface area contributed by atoms with Gasteiger partial charge >= 0.3 is 0 Å². The lowest BCUT2D eigenvalue weighted by molar-refractivity contribution is -0.104. The lowest BCUT2D eigenvalue weighted by Gasteiger charge is -2.46.